The number of likely N-dealkylation sites (tertiary alicyclic amines) is 1. The van der Waals surface area contributed by atoms with Crippen LogP contribution < -0.4 is 11.1 Å². The summed E-state index contributed by atoms with van der Waals surface area (Å²) in [6, 6.07) is 3.84. The Hall–Kier alpha value is -3.10. The Morgan fingerprint density at radius 3 is 2.55 bits per heavy atom. The van der Waals surface area contributed by atoms with Crippen LogP contribution in [0, 0.1) is 5.92 Å². The van der Waals surface area contributed by atoms with Crippen molar-refractivity contribution < 1.29 is 26.7 Å². The van der Waals surface area contributed by atoms with Gasteiger partial charge in [0.15, 0.2) is 0 Å². The van der Waals surface area contributed by atoms with Crippen LogP contribution in [0.2, 0.25) is 0 Å². The highest BCUT2D eigenvalue weighted by atomic mass is 16.6. The zero-order valence-electron chi connectivity index (χ0n) is 22.0. The van der Waals surface area contributed by atoms with Crippen LogP contribution in [0.3, 0.4) is 0 Å². The number of likely N-dealkylation sites (N-methyl/N-ethyl adjacent to an activating group) is 1. The van der Waals surface area contributed by atoms with Crippen molar-refractivity contribution in [2.45, 2.75) is 70.5 Å². The van der Waals surface area contributed by atoms with E-state index in [0.29, 0.717) is 11.3 Å². The molecule has 0 saturated carbocycles. The number of carbonyl (C=O) groups excluding carboxylic acids is 4. The van der Waals surface area contributed by atoms with E-state index in [1.807, 2.05) is 13.8 Å². The number of nitrogens with one attached hydrogen (secondary N) is 1. The van der Waals surface area contributed by atoms with Crippen LogP contribution in [-0.2, 0) is 24.5 Å². The Labute approximate surface area is 197 Å². The lowest BCUT2D eigenvalue weighted by Crippen LogP contribution is -2.54. The zero-order chi connectivity index (χ0) is 26.5. The van der Waals surface area contributed by atoms with Crippen molar-refractivity contribution in [1.82, 2.24) is 9.80 Å². The summed E-state index contributed by atoms with van der Waals surface area (Å²) in [4.78, 5) is 54.7. The van der Waals surface area contributed by atoms with Gasteiger partial charge in [-0.1, -0.05) is 32.0 Å². The Balaban J connectivity index is 2.07. The van der Waals surface area contributed by atoms with Crippen molar-refractivity contribution in [1.29, 1.82) is 0 Å². The van der Waals surface area contributed by atoms with Gasteiger partial charge in [-0.3, -0.25) is 19.3 Å². The molecule has 0 unspecified atom stereocenters. The molecule has 2 aliphatic rings. The highest BCUT2D eigenvalue weighted by Crippen LogP contribution is 2.46. The number of rotatable bonds is 5. The summed E-state index contributed by atoms with van der Waals surface area (Å²) in [6.45, 7) is 8.47. The number of nitrogens with zero attached hydrogens (tertiary/aromatic N) is 2. The molecule has 1 spiro atoms. The molecule has 1 saturated heterocycles. The van der Waals surface area contributed by atoms with Gasteiger partial charge in [-0.25, -0.2) is 4.79 Å². The Morgan fingerprint density at radius 2 is 1.97 bits per heavy atom. The maximum atomic E-state index is 13.9. The molecule has 33 heavy (non-hydrogen) atoms. The van der Waals surface area contributed by atoms with Gasteiger partial charge in [0.05, 0.1) is 5.41 Å². The molecule has 3 N–H and O–H groups in total. The molecule has 9 nitrogen and oxygen atoms in total. The van der Waals surface area contributed by atoms with Crippen molar-refractivity contribution in [2.24, 2.45) is 11.7 Å². The predicted octanol–water partition coefficient (Wildman–Crippen LogP) is 2.24. The molecule has 1 fully saturated rings. The Kier molecular flexibility index (Phi) is 5.72. The van der Waals surface area contributed by atoms with Gasteiger partial charge in [0.1, 0.15) is 17.7 Å². The smallest absolute Gasteiger partial charge is 0.410 e. The molecule has 0 aromatic heterocycles. The van der Waals surface area contributed by atoms with E-state index >= 15 is 0 Å². The molecule has 9 heteroatoms. The van der Waals surface area contributed by atoms with Crippen LogP contribution in [-0.4, -0.2) is 64.9 Å². The highest BCUT2D eigenvalue weighted by Gasteiger charge is 2.57. The second-order valence-corrected chi connectivity index (χ2v) is 10.1. The van der Waals surface area contributed by atoms with Gasteiger partial charge >= 0.3 is 6.09 Å². The first kappa shape index (κ1) is 21.7. The number of anilines is 1. The number of ether oxygens (including phenoxy) is 1. The van der Waals surface area contributed by atoms with Gasteiger partial charge in [0, 0.05) is 22.0 Å². The van der Waals surface area contributed by atoms with E-state index in [1.165, 1.54) is 7.05 Å². The molecule has 2 aliphatic heterocycles. The maximum Gasteiger partial charge on any atom is 0.410 e. The van der Waals surface area contributed by atoms with Gasteiger partial charge in [0.2, 0.25) is 17.7 Å². The second-order valence-electron chi connectivity index (χ2n) is 10.1. The third-order valence-corrected chi connectivity index (χ3v) is 5.81. The fourth-order valence-electron chi connectivity index (χ4n) is 4.27. The van der Waals surface area contributed by atoms with Crippen LogP contribution in [0.4, 0.5) is 10.5 Å². The summed E-state index contributed by atoms with van der Waals surface area (Å²) in [5.74, 6) is -2.41. The number of hydrogen-bond donors (Lipinski definition) is 2. The van der Waals surface area contributed by atoms with E-state index in [1.54, 1.807) is 45.0 Å². The van der Waals surface area contributed by atoms with Crippen molar-refractivity contribution in [3.63, 3.8) is 0 Å². The summed E-state index contributed by atoms with van der Waals surface area (Å²) in [7, 11) is 1.43. The van der Waals surface area contributed by atoms with Crippen molar-refractivity contribution in [3.8, 4) is 0 Å². The summed E-state index contributed by atoms with van der Waals surface area (Å²) < 4.78 is 23.2. The lowest BCUT2D eigenvalue weighted by molar-refractivity contribution is -0.142. The summed E-state index contributed by atoms with van der Waals surface area (Å²) in [5, 5.41) is 2.68. The number of nitrogens with two attached hydrogens (primary N) is 1. The number of para-hydroxylation sites is 1. The fourth-order valence-corrected chi connectivity index (χ4v) is 4.27. The van der Waals surface area contributed by atoms with E-state index < -0.39 is 59.8 Å². The number of primary amides is 1. The zero-order valence-corrected chi connectivity index (χ0v) is 20.0. The SMILES string of the molecule is [2H]C1([2H])[C@@H](C(N)=O)N(C(=O)[C@H](CC(C)C)N(C)C(=O)OC(C)(C)C)C[C@@]12C(=O)Nc1ccccc12. The molecule has 2 heterocycles. The van der Waals surface area contributed by atoms with E-state index in [-0.39, 0.29) is 12.3 Å². The summed E-state index contributed by atoms with van der Waals surface area (Å²) >= 11 is 0. The predicted molar refractivity (Wildman–Crippen MR) is 123 cm³/mol. The minimum atomic E-state index is -2.50. The molecule has 1 aromatic carbocycles. The van der Waals surface area contributed by atoms with Crippen molar-refractivity contribution >= 4 is 29.5 Å². The van der Waals surface area contributed by atoms with E-state index in [9.17, 15) is 19.2 Å². The first-order chi connectivity index (χ1) is 16.0. The van der Waals surface area contributed by atoms with Gasteiger partial charge in [-0.05, 0) is 51.1 Å². The topological polar surface area (TPSA) is 122 Å². The van der Waals surface area contributed by atoms with Gasteiger partial charge in [-0.15, -0.1) is 0 Å². The van der Waals surface area contributed by atoms with Crippen LogP contribution in [0.1, 0.15) is 55.7 Å². The largest absolute Gasteiger partial charge is 0.444 e. The van der Waals surface area contributed by atoms with Crippen molar-refractivity contribution in [3.05, 3.63) is 29.8 Å². The molecule has 1 aromatic rings. The third kappa shape index (κ3) is 4.67. The lowest BCUT2D eigenvalue weighted by Gasteiger charge is -2.34. The first-order valence-electron chi connectivity index (χ1n) is 12.0. The average molecular weight is 461 g/mol. The second kappa shape index (κ2) is 8.68. The summed E-state index contributed by atoms with van der Waals surface area (Å²) in [5.41, 5.74) is 3.78. The maximum absolute atomic E-state index is 13.9. The number of benzene rings is 1. The Morgan fingerprint density at radius 1 is 1.33 bits per heavy atom. The van der Waals surface area contributed by atoms with Gasteiger partial charge < -0.3 is 20.7 Å². The minimum Gasteiger partial charge on any atom is -0.444 e. The molecule has 0 aliphatic carbocycles. The number of carbonyl (C=O) groups is 4. The molecule has 0 radical (unpaired) electrons. The molecular formula is C24H34N4O5. The first-order valence-corrected chi connectivity index (χ1v) is 11.0. The Bertz CT molecular complexity index is 1050. The molecular weight excluding hydrogens is 424 g/mol. The van der Waals surface area contributed by atoms with Gasteiger partial charge in [0.25, 0.3) is 0 Å². The standard InChI is InChI=1S/C24H34N4O5/c1-14(2)11-17(27(6)22(32)33-23(3,4)5)20(30)28-13-24(12-18(28)19(25)29)15-9-7-8-10-16(15)26-21(24)31/h7-10,14,17-18H,11-13H2,1-6H3,(H2,25,29)(H,26,31)/t17-,18-,24-/m0/s1/i12D2. The van der Waals surface area contributed by atoms with E-state index in [0.717, 1.165) is 9.80 Å². The fraction of sp³-hybridized carbons (Fsp3) is 0.583. The average Bonchev–Trinajstić information content (AvgIpc) is 3.15. The quantitative estimate of drug-likeness (QED) is 0.698. The molecule has 0 bridgehead atoms. The molecule has 180 valence electrons. The van der Waals surface area contributed by atoms with Crippen molar-refractivity contribution in [2.75, 3.05) is 18.9 Å². The van der Waals surface area contributed by atoms with Crippen LogP contribution in [0.5, 0.6) is 0 Å². The van der Waals surface area contributed by atoms with Gasteiger partial charge in [-0.2, -0.15) is 0 Å². The van der Waals surface area contributed by atoms with Crippen LogP contribution in [0.25, 0.3) is 0 Å². The van der Waals surface area contributed by atoms with E-state index in [4.69, 9.17) is 13.2 Å². The van der Waals surface area contributed by atoms with E-state index in [2.05, 4.69) is 5.32 Å². The highest BCUT2D eigenvalue weighted by molar-refractivity contribution is 6.08. The monoisotopic (exact) mass is 460 g/mol. The third-order valence-electron chi connectivity index (χ3n) is 5.81. The summed E-state index contributed by atoms with van der Waals surface area (Å²) in [6.07, 6.45) is -3.00. The molecule has 3 atom stereocenters. The lowest BCUT2D eigenvalue weighted by atomic mass is 9.79. The molecule has 4 amide bonds. The number of hydrogen-bond acceptors (Lipinski definition) is 5. The minimum absolute atomic E-state index is 0.0234. The van der Waals surface area contributed by atoms with Crippen LogP contribution in [0.15, 0.2) is 24.3 Å². The normalized spacial score (nSPS) is 25.2. The number of amides is 4. The molecule has 3 rings (SSSR count). The van der Waals surface area contributed by atoms with Crippen LogP contribution >= 0.6 is 0 Å². The number of fused-ring (bicyclic) bond motifs is 2.